The molecule has 1 aliphatic heterocycles. The lowest BCUT2D eigenvalue weighted by Crippen LogP contribution is -2.37. The Bertz CT molecular complexity index is 1040. The summed E-state index contributed by atoms with van der Waals surface area (Å²) in [6, 6.07) is 5.61. The summed E-state index contributed by atoms with van der Waals surface area (Å²) in [6.07, 6.45) is 4.99. The molecule has 0 bridgehead atoms. The molecule has 0 spiro atoms. The highest BCUT2D eigenvalue weighted by Gasteiger charge is 2.21. The molecule has 156 valence electrons. The number of amides is 1. The summed E-state index contributed by atoms with van der Waals surface area (Å²) >= 11 is 0. The fourth-order valence-corrected chi connectivity index (χ4v) is 3.70. The average Bonchev–Trinajstić information content (AvgIpc) is 3.16. The Morgan fingerprint density at radius 3 is 2.63 bits per heavy atom. The molecule has 8 nitrogen and oxygen atoms in total. The summed E-state index contributed by atoms with van der Waals surface area (Å²) in [4.78, 5) is 25.3. The number of carbonyl (C=O) groups excluding carboxylic acids is 1. The summed E-state index contributed by atoms with van der Waals surface area (Å²) in [7, 11) is 0. The molecule has 0 radical (unpaired) electrons. The highest BCUT2D eigenvalue weighted by Crippen LogP contribution is 2.36. The van der Waals surface area contributed by atoms with Crippen molar-refractivity contribution < 1.29 is 13.9 Å². The van der Waals surface area contributed by atoms with Gasteiger partial charge in [-0.3, -0.25) is 4.79 Å². The van der Waals surface area contributed by atoms with Gasteiger partial charge >= 0.3 is 0 Å². The van der Waals surface area contributed by atoms with Crippen molar-refractivity contribution in [2.45, 2.75) is 39.7 Å². The molecule has 1 atom stereocenters. The van der Waals surface area contributed by atoms with E-state index < -0.39 is 0 Å². The molecule has 1 unspecified atom stereocenters. The number of benzene rings is 1. The molecule has 1 aromatic carbocycles. The second kappa shape index (κ2) is 8.62. The van der Waals surface area contributed by atoms with Gasteiger partial charge in [0.25, 0.3) is 5.91 Å². The van der Waals surface area contributed by atoms with E-state index in [1.54, 1.807) is 13.3 Å². The molecule has 3 heterocycles. The summed E-state index contributed by atoms with van der Waals surface area (Å²) in [5.74, 6) is 0.595. The van der Waals surface area contributed by atoms with Crippen LogP contribution in [0.5, 0.6) is 5.75 Å². The van der Waals surface area contributed by atoms with Crippen molar-refractivity contribution >= 4 is 11.6 Å². The lowest BCUT2D eigenvalue weighted by molar-refractivity contribution is 0.0996. The van der Waals surface area contributed by atoms with Gasteiger partial charge in [-0.1, -0.05) is 0 Å². The van der Waals surface area contributed by atoms with Gasteiger partial charge in [0.2, 0.25) is 5.76 Å². The fourth-order valence-electron chi connectivity index (χ4n) is 3.70. The number of nitrogens with zero attached hydrogens (tertiary/aromatic N) is 3. The third-order valence-corrected chi connectivity index (χ3v) is 5.23. The smallest absolute Gasteiger partial charge is 0.293 e. The van der Waals surface area contributed by atoms with E-state index in [9.17, 15) is 4.79 Å². The number of aryl methyl sites for hydroxylation is 3. The van der Waals surface area contributed by atoms with E-state index in [-0.39, 0.29) is 17.8 Å². The maximum Gasteiger partial charge on any atom is 0.293 e. The molecule has 1 saturated heterocycles. The van der Waals surface area contributed by atoms with Gasteiger partial charge in [0, 0.05) is 34.7 Å². The zero-order valence-electron chi connectivity index (χ0n) is 17.4. The van der Waals surface area contributed by atoms with Gasteiger partial charge in [-0.25, -0.2) is 15.0 Å². The van der Waals surface area contributed by atoms with E-state index >= 15 is 0 Å². The fraction of sp³-hybridized carbons (Fsp3) is 0.364. The molecule has 2 aromatic heterocycles. The molecule has 1 fully saturated rings. The Morgan fingerprint density at radius 1 is 1.17 bits per heavy atom. The zero-order chi connectivity index (χ0) is 21.1. The molecule has 2 N–H and O–H groups in total. The molecular weight excluding hydrogens is 382 g/mol. The van der Waals surface area contributed by atoms with Gasteiger partial charge in [-0.15, -0.1) is 0 Å². The highest BCUT2D eigenvalue weighted by molar-refractivity contribution is 6.03. The van der Waals surface area contributed by atoms with Crippen molar-refractivity contribution in [3.63, 3.8) is 0 Å². The van der Waals surface area contributed by atoms with Gasteiger partial charge in [0.15, 0.2) is 6.39 Å². The van der Waals surface area contributed by atoms with Crippen molar-refractivity contribution in [3.8, 4) is 16.9 Å². The van der Waals surface area contributed by atoms with Gasteiger partial charge in [0.1, 0.15) is 18.2 Å². The predicted molar refractivity (Wildman–Crippen MR) is 113 cm³/mol. The molecule has 1 amide bonds. The van der Waals surface area contributed by atoms with Crippen molar-refractivity contribution in [3.05, 3.63) is 53.8 Å². The van der Waals surface area contributed by atoms with Gasteiger partial charge in [0.05, 0.1) is 5.69 Å². The van der Waals surface area contributed by atoms with Crippen LogP contribution in [0.3, 0.4) is 0 Å². The van der Waals surface area contributed by atoms with Crippen LogP contribution in [0.2, 0.25) is 0 Å². The van der Waals surface area contributed by atoms with Crippen LogP contribution in [0.25, 0.3) is 11.1 Å². The minimum absolute atomic E-state index is 0.0972. The molecule has 0 saturated carbocycles. The van der Waals surface area contributed by atoms with Crippen LogP contribution in [0.4, 0.5) is 5.69 Å². The predicted octanol–water partition coefficient (Wildman–Crippen LogP) is 3.44. The van der Waals surface area contributed by atoms with Crippen molar-refractivity contribution in [2.75, 3.05) is 18.4 Å². The first-order chi connectivity index (χ1) is 14.5. The second-order valence-electron chi connectivity index (χ2n) is 7.44. The van der Waals surface area contributed by atoms with E-state index in [1.165, 1.54) is 6.39 Å². The number of aromatic nitrogens is 3. The number of ether oxygens (including phenoxy) is 1. The van der Waals surface area contributed by atoms with Crippen molar-refractivity contribution in [2.24, 2.45) is 0 Å². The van der Waals surface area contributed by atoms with E-state index in [0.717, 1.165) is 54.2 Å². The summed E-state index contributed by atoms with van der Waals surface area (Å²) in [6.45, 7) is 7.45. The largest absolute Gasteiger partial charge is 0.488 e. The van der Waals surface area contributed by atoms with Gasteiger partial charge < -0.3 is 19.8 Å². The quantitative estimate of drug-likeness (QED) is 0.668. The van der Waals surface area contributed by atoms with Gasteiger partial charge in [-0.2, -0.15) is 0 Å². The number of rotatable bonds is 5. The Balaban J connectivity index is 1.70. The van der Waals surface area contributed by atoms with Crippen molar-refractivity contribution in [1.29, 1.82) is 0 Å². The molecule has 4 rings (SSSR count). The number of hydrogen-bond acceptors (Lipinski definition) is 7. The van der Waals surface area contributed by atoms with Crippen LogP contribution in [-0.2, 0) is 0 Å². The van der Waals surface area contributed by atoms with E-state index in [2.05, 4.69) is 25.6 Å². The Hall–Kier alpha value is -3.26. The van der Waals surface area contributed by atoms with E-state index in [4.69, 9.17) is 9.15 Å². The number of hydrogen-bond donors (Lipinski definition) is 2. The first kappa shape index (κ1) is 20.0. The third-order valence-electron chi connectivity index (χ3n) is 5.23. The molecule has 3 aromatic rings. The number of anilines is 1. The van der Waals surface area contributed by atoms with Crippen LogP contribution in [0.15, 0.2) is 35.3 Å². The lowest BCUT2D eigenvalue weighted by atomic mass is 10.0. The first-order valence-electron chi connectivity index (χ1n) is 10.0. The first-order valence-corrected chi connectivity index (χ1v) is 10.0. The standard InChI is InChI=1S/C22H25N5O3/c1-13-20(14(2)25-11-24-13)18-9-16(27-22(28)21-15(3)26-12-29-21)6-7-19(18)30-17-5-4-8-23-10-17/h6-7,9,11-12,17,23H,4-5,8,10H2,1-3H3,(H,27,28). The summed E-state index contributed by atoms with van der Waals surface area (Å²) < 4.78 is 11.5. The zero-order valence-corrected chi connectivity index (χ0v) is 17.4. The second-order valence-corrected chi connectivity index (χ2v) is 7.44. The van der Waals surface area contributed by atoms with Crippen LogP contribution >= 0.6 is 0 Å². The number of oxazole rings is 1. The molecule has 1 aliphatic rings. The molecule has 8 heteroatoms. The topological polar surface area (TPSA) is 102 Å². The van der Waals surface area contributed by atoms with Crippen LogP contribution < -0.4 is 15.4 Å². The van der Waals surface area contributed by atoms with Crippen LogP contribution in [0.1, 0.15) is 40.5 Å². The summed E-state index contributed by atoms with van der Waals surface area (Å²) in [5, 5.41) is 6.26. The van der Waals surface area contributed by atoms with E-state index in [1.807, 2.05) is 32.0 Å². The Morgan fingerprint density at radius 2 is 1.97 bits per heavy atom. The third kappa shape index (κ3) is 4.18. The molecular formula is C22H25N5O3. The summed E-state index contributed by atoms with van der Waals surface area (Å²) in [5.41, 5.74) is 4.63. The molecule has 0 aliphatic carbocycles. The van der Waals surface area contributed by atoms with Crippen molar-refractivity contribution in [1.82, 2.24) is 20.3 Å². The lowest BCUT2D eigenvalue weighted by Gasteiger charge is -2.26. The maximum atomic E-state index is 12.6. The van der Waals surface area contributed by atoms with Crippen LogP contribution in [0, 0.1) is 20.8 Å². The van der Waals surface area contributed by atoms with Crippen LogP contribution in [-0.4, -0.2) is 40.1 Å². The Kier molecular flexibility index (Phi) is 5.76. The number of carbonyl (C=O) groups is 1. The minimum atomic E-state index is -0.348. The van der Waals surface area contributed by atoms with E-state index in [0.29, 0.717) is 11.4 Å². The monoisotopic (exact) mass is 407 g/mol. The maximum absolute atomic E-state index is 12.6. The minimum Gasteiger partial charge on any atom is -0.488 e. The highest BCUT2D eigenvalue weighted by atomic mass is 16.5. The SMILES string of the molecule is Cc1ncoc1C(=O)Nc1ccc(OC2CCCNC2)c(-c2c(C)ncnc2C)c1. The number of piperidine rings is 1. The Labute approximate surface area is 175 Å². The normalized spacial score (nSPS) is 16.3. The average molecular weight is 407 g/mol. The molecule has 30 heavy (non-hydrogen) atoms. The number of nitrogens with one attached hydrogen (secondary N) is 2. The van der Waals surface area contributed by atoms with Gasteiger partial charge in [-0.05, 0) is 58.4 Å².